The molecule has 6 heteroatoms. The molecule has 146 valence electrons. The van der Waals surface area contributed by atoms with Crippen molar-refractivity contribution in [1.29, 1.82) is 0 Å². The van der Waals surface area contributed by atoms with Gasteiger partial charge < -0.3 is 4.57 Å². The lowest BCUT2D eigenvalue weighted by Gasteiger charge is -2.15. The van der Waals surface area contributed by atoms with Gasteiger partial charge in [0.25, 0.3) is 11.8 Å². The molecule has 2 N–H and O–H groups in total. The molecule has 4 rings (SSSR count). The molecule has 0 bridgehead atoms. The van der Waals surface area contributed by atoms with Crippen molar-refractivity contribution < 1.29 is 14.4 Å². The Bertz CT molecular complexity index is 1120. The van der Waals surface area contributed by atoms with Gasteiger partial charge in [0, 0.05) is 23.0 Å². The number of hydrogen-bond acceptors (Lipinski definition) is 3. The number of carbonyl (C=O) groups is 3. The Hall–Kier alpha value is -3.67. The maximum atomic E-state index is 12.3. The Balaban J connectivity index is 2.00. The van der Waals surface area contributed by atoms with E-state index in [2.05, 4.69) is 22.1 Å². The maximum absolute atomic E-state index is 12.3. The normalized spacial score (nSPS) is 14.1. The molecule has 1 aliphatic rings. The fraction of sp³-hybridized carbons (Fsp3) is 0.174. The van der Waals surface area contributed by atoms with Crippen LogP contribution < -0.4 is 10.6 Å². The first-order chi connectivity index (χ1) is 14.1. The van der Waals surface area contributed by atoms with Gasteiger partial charge in [-0.25, -0.2) is 4.79 Å². The third-order valence-electron chi connectivity index (χ3n) is 5.02. The summed E-state index contributed by atoms with van der Waals surface area (Å²) in [6, 6.07) is 17.1. The van der Waals surface area contributed by atoms with Gasteiger partial charge in [-0.3, -0.25) is 20.2 Å². The van der Waals surface area contributed by atoms with Gasteiger partial charge in [0.1, 0.15) is 5.57 Å². The van der Waals surface area contributed by atoms with Crippen molar-refractivity contribution in [2.24, 2.45) is 0 Å². The number of fused-ring (bicyclic) bond motifs is 1. The first kappa shape index (κ1) is 18.7. The first-order valence-electron chi connectivity index (χ1n) is 9.65. The molecule has 3 aromatic rings. The number of aromatic nitrogens is 1. The maximum Gasteiger partial charge on any atom is 0.328 e. The van der Waals surface area contributed by atoms with Crippen molar-refractivity contribution >= 4 is 34.8 Å². The molecule has 1 aromatic heterocycles. The summed E-state index contributed by atoms with van der Waals surface area (Å²) < 4.78 is 2.24. The molecule has 0 unspecified atom stereocenters. The molecule has 6 nitrogen and oxygen atoms in total. The largest absolute Gasteiger partial charge is 0.340 e. The smallest absolute Gasteiger partial charge is 0.328 e. The summed E-state index contributed by atoms with van der Waals surface area (Å²) >= 11 is 0. The number of imide groups is 2. The van der Waals surface area contributed by atoms with Crippen LogP contribution in [-0.4, -0.2) is 22.4 Å². The van der Waals surface area contributed by atoms with E-state index in [9.17, 15) is 14.4 Å². The van der Waals surface area contributed by atoms with Crippen LogP contribution in [0.3, 0.4) is 0 Å². The molecule has 1 aliphatic heterocycles. The van der Waals surface area contributed by atoms with Crippen LogP contribution in [0, 0.1) is 0 Å². The second-order valence-electron chi connectivity index (χ2n) is 6.95. The number of nitrogens with zero attached hydrogens (tertiary/aromatic N) is 1. The molecule has 0 spiro atoms. The predicted octanol–water partition coefficient (Wildman–Crippen LogP) is 3.86. The molecule has 0 aliphatic carbocycles. The van der Waals surface area contributed by atoms with Crippen molar-refractivity contribution in [2.45, 2.75) is 26.3 Å². The predicted molar refractivity (Wildman–Crippen MR) is 112 cm³/mol. The van der Waals surface area contributed by atoms with Crippen LogP contribution in [0.5, 0.6) is 0 Å². The lowest BCUT2D eigenvalue weighted by Crippen LogP contribution is -2.51. The molecule has 0 radical (unpaired) electrons. The Morgan fingerprint density at radius 1 is 0.897 bits per heavy atom. The zero-order chi connectivity index (χ0) is 20.4. The van der Waals surface area contributed by atoms with Gasteiger partial charge in [-0.1, -0.05) is 61.9 Å². The molecule has 29 heavy (non-hydrogen) atoms. The summed E-state index contributed by atoms with van der Waals surface area (Å²) in [6.45, 7) is 2.96. The Morgan fingerprint density at radius 3 is 2.24 bits per heavy atom. The number of carbonyl (C=O) groups excluding carboxylic acids is 3. The lowest BCUT2D eigenvalue weighted by atomic mass is 10.0. The number of amides is 4. The van der Waals surface area contributed by atoms with E-state index in [1.165, 1.54) is 0 Å². The summed E-state index contributed by atoms with van der Waals surface area (Å²) in [5, 5.41) is 5.24. The van der Waals surface area contributed by atoms with E-state index in [0.717, 1.165) is 47.1 Å². The second-order valence-corrected chi connectivity index (χ2v) is 6.95. The minimum atomic E-state index is -0.800. The molecular weight excluding hydrogens is 366 g/mol. The number of aryl methyl sites for hydroxylation is 1. The highest BCUT2D eigenvalue weighted by atomic mass is 16.2. The van der Waals surface area contributed by atoms with Crippen molar-refractivity contribution in [3.05, 3.63) is 65.7 Å². The van der Waals surface area contributed by atoms with Crippen LogP contribution in [0.4, 0.5) is 4.79 Å². The first-order valence-corrected chi connectivity index (χ1v) is 9.65. The number of para-hydroxylation sites is 1. The highest BCUT2D eigenvalue weighted by Crippen LogP contribution is 2.36. The minimum absolute atomic E-state index is 0.0832. The number of rotatable bonds is 5. The van der Waals surface area contributed by atoms with Gasteiger partial charge in [-0.15, -0.1) is 0 Å². The molecule has 2 heterocycles. The Morgan fingerprint density at radius 2 is 1.55 bits per heavy atom. The summed E-state index contributed by atoms with van der Waals surface area (Å²) in [7, 11) is 0. The Kier molecular flexibility index (Phi) is 4.99. The van der Waals surface area contributed by atoms with E-state index in [1.807, 2.05) is 54.6 Å². The zero-order valence-corrected chi connectivity index (χ0v) is 16.1. The molecule has 4 amide bonds. The van der Waals surface area contributed by atoms with Crippen LogP contribution >= 0.6 is 0 Å². The van der Waals surface area contributed by atoms with Crippen molar-refractivity contribution in [1.82, 2.24) is 15.2 Å². The van der Waals surface area contributed by atoms with E-state index < -0.39 is 17.8 Å². The molecule has 0 atom stereocenters. The van der Waals surface area contributed by atoms with Crippen LogP contribution in [0.15, 0.2) is 60.2 Å². The van der Waals surface area contributed by atoms with Gasteiger partial charge in [0.2, 0.25) is 0 Å². The number of urea groups is 1. The highest BCUT2D eigenvalue weighted by molar-refractivity contribution is 6.31. The van der Waals surface area contributed by atoms with Gasteiger partial charge in [-0.05, 0) is 24.1 Å². The summed E-state index contributed by atoms with van der Waals surface area (Å²) in [4.78, 5) is 36.0. The topological polar surface area (TPSA) is 80.2 Å². The van der Waals surface area contributed by atoms with E-state index >= 15 is 0 Å². The van der Waals surface area contributed by atoms with Crippen LogP contribution in [0.1, 0.15) is 25.3 Å². The number of hydrogen-bond donors (Lipinski definition) is 2. The van der Waals surface area contributed by atoms with E-state index in [1.54, 1.807) is 6.08 Å². The molecule has 1 fully saturated rings. The van der Waals surface area contributed by atoms with E-state index in [0.29, 0.717) is 0 Å². The van der Waals surface area contributed by atoms with Crippen molar-refractivity contribution in [3.8, 4) is 11.3 Å². The average molecular weight is 387 g/mol. The van der Waals surface area contributed by atoms with Gasteiger partial charge in [0.05, 0.1) is 5.69 Å². The average Bonchev–Trinajstić information content (AvgIpc) is 3.03. The Labute approximate surface area is 168 Å². The fourth-order valence-corrected chi connectivity index (χ4v) is 3.68. The quantitative estimate of drug-likeness (QED) is 0.515. The second kappa shape index (κ2) is 7.75. The summed E-state index contributed by atoms with van der Waals surface area (Å²) in [5.41, 5.74) is 3.70. The minimum Gasteiger partial charge on any atom is -0.340 e. The third kappa shape index (κ3) is 3.45. The lowest BCUT2D eigenvalue weighted by molar-refractivity contribution is -0.123. The van der Waals surface area contributed by atoms with Gasteiger partial charge in [-0.2, -0.15) is 0 Å². The van der Waals surface area contributed by atoms with Gasteiger partial charge in [0.15, 0.2) is 0 Å². The third-order valence-corrected chi connectivity index (χ3v) is 5.02. The molecule has 1 saturated heterocycles. The molecule has 0 saturated carbocycles. The number of benzene rings is 2. The van der Waals surface area contributed by atoms with E-state index in [4.69, 9.17) is 0 Å². The van der Waals surface area contributed by atoms with Crippen LogP contribution in [-0.2, 0) is 16.1 Å². The van der Waals surface area contributed by atoms with Crippen LogP contribution in [0.25, 0.3) is 28.2 Å². The standard InChI is InChI=1S/C23H21N3O3/c1-2-3-13-26-19-12-8-7-11-16(19)17(20(26)15-9-5-4-6-10-15)14-18-21(27)24-23(29)25-22(18)28/h4-12,14H,2-3,13H2,1H3,(H2,24,25,27,28,29). The van der Waals surface area contributed by atoms with Crippen molar-refractivity contribution in [2.75, 3.05) is 0 Å². The number of barbiturate groups is 1. The van der Waals surface area contributed by atoms with Gasteiger partial charge >= 0.3 is 6.03 Å². The molecular formula is C23H21N3O3. The highest BCUT2D eigenvalue weighted by Gasteiger charge is 2.29. The summed E-state index contributed by atoms with van der Waals surface area (Å²) in [6.07, 6.45) is 3.64. The SMILES string of the molecule is CCCCn1c(-c2ccccc2)c(C=C2C(=O)NC(=O)NC2=O)c2ccccc21. The van der Waals surface area contributed by atoms with E-state index in [-0.39, 0.29) is 5.57 Å². The monoisotopic (exact) mass is 387 g/mol. The summed E-state index contributed by atoms with van der Waals surface area (Å²) in [5.74, 6) is -1.38. The number of nitrogens with one attached hydrogen (secondary N) is 2. The van der Waals surface area contributed by atoms with Crippen molar-refractivity contribution in [3.63, 3.8) is 0 Å². The zero-order valence-electron chi connectivity index (χ0n) is 16.1. The van der Waals surface area contributed by atoms with Crippen LogP contribution in [0.2, 0.25) is 0 Å². The fourth-order valence-electron chi connectivity index (χ4n) is 3.68. The molecule has 2 aromatic carbocycles. The number of unbranched alkanes of at least 4 members (excludes halogenated alkanes) is 1.